The number of hydrogen-bond acceptors (Lipinski definition) is 3. The molecule has 0 aromatic rings. The van der Waals surface area contributed by atoms with Crippen molar-refractivity contribution in [3.8, 4) is 0 Å². The van der Waals surface area contributed by atoms with Crippen molar-refractivity contribution in [2.24, 2.45) is 17.6 Å². The fourth-order valence-corrected chi connectivity index (χ4v) is 1.39. The molecule has 1 saturated heterocycles. The van der Waals surface area contributed by atoms with Crippen LogP contribution in [-0.2, 0) is 0 Å². The summed E-state index contributed by atoms with van der Waals surface area (Å²) in [4.78, 5) is 0. The molecular formula is C8H18F2N2S. The van der Waals surface area contributed by atoms with Gasteiger partial charge in [-0.05, 0) is 6.26 Å². The SMILES string of the molecule is CC1CNCC(CN)C1(F)F.CS. The first kappa shape index (κ1) is 13.1. The predicted octanol–water partition coefficient (Wildman–Crippen LogP) is 0.982. The van der Waals surface area contributed by atoms with Crippen molar-refractivity contribution >= 4 is 12.6 Å². The standard InChI is InChI=1S/C7H14F2N2.CH4S/c1-5-3-11-4-6(2-10)7(5,8)9;1-2/h5-6,11H,2-4,10H2,1H3;2H,1H3. The smallest absolute Gasteiger partial charge is 0.257 e. The molecule has 1 aliphatic rings. The van der Waals surface area contributed by atoms with Crippen molar-refractivity contribution in [3.63, 3.8) is 0 Å². The van der Waals surface area contributed by atoms with Gasteiger partial charge in [-0.2, -0.15) is 12.6 Å². The van der Waals surface area contributed by atoms with E-state index in [0.717, 1.165) is 0 Å². The number of alkyl halides is 2. The first-order valence-electron chi connectivity index (χ1n) is 4.32. The highest BCUT2D eigenvalue weighted by Gasteiger charge is 2.46. The van der Waals surface area contributed by atoms with Gasteiger partial charge in [0.2, 0.25) is 0 Å². The maximum absolute atomic E-state index is 13.1. The first-order valence-corrected chi connectivity index (χ1v) is 5.21. The molecule has 0 spiro atoms. The third kappa shape index (κ3) is 3.07. The molecule has 0 bridgehead atoms. The Morgan fingerprint density at radius 2 is 2.00 bits per heavy atom. The van der Waals surface area contributed by atoms with Crippen molar-refractivity contribution < 1.29 is 8.78 Å². The zero-order valence-corrected chi connectivity index (χ0v) is 8.95. The lowest BCUT2D eigenvalue weighted by molar-refractivity contribution is -0.114. The van der Waals surface area contributed by atoms with E-state index in [1.54, 1.807) is 13.2 Å². The maximum atomic E-state index is 13.1. The number of rotatable bonds is 1. The monoisotopic (exact) mass is 212 g/mol. The largest absolute Gasteiger partial charge is 0.330 e. The maximum Gasteiger partial charge on any atom is 0.257 e. The second-order valence-corrected chi connectivity index (χ2v) is 3.17. The molecule has 2 nitrogen and oxygen atoms in total. The number of hydrogen-bond donors (Lipinski definition) is 3. The number of thiol groups is 1. The second kappa shape index (κ2) is 5.78. The third-order valence-electron chi connectivity index (χ3n) is 2.33. The molecule has 0 aromatic heterocycles. The van der Waals surface area contributed by atoms with Gasteiger partial charge in [-0.15, -0.1) is 0 Å². The fourth-order valence-electron chi connectivity index (χ4n) is 1.39. The lowest BCUT2D eigenvalue weighted by Gasteiger charge is -2.36. The predicted molar refractivity (Wildman–Crippen MR) is 54.4 cm³/mol. The van der Waals surface area contributed by atoms with Crippen molar-refractivity contribution in [2.75, 3.05) is 25.9 Å². The highest BCUT2D eigenvalue weighted by Crippen LogP contribution is 2.34. The summed E-state index contributed by atoms with van der Waals surface area (Å²) in [5.41, 5.74) is 5.22. The van der Waals surface area contributed by atoms with Crippen LogP contribution >= 0.6 is 12.6 Å². The summed E-state index contributed by atoms with van der Waals surface area (Å²) in [5.74, 6) is -3.86. The zero-order valence-electron chi connectivity index (χ0n) is 8.06. The summed E-state index contributed by atoms with van der Waals surface area (Å²) in [6.45, 7) is 2.34. The zero-order chi connectivity index (χ0) is 10.5. The highest BCUT2D eigenvalue weighted by molar-refractivity contribution is 7.79. The molecule has 1 aliphatic heterocycles. The minimum atomic E-state index is -2.58. The molecule has 3 N–H and O–H groups in total. The molecule has 5 heteroatoms. The average Bonchev–Trinajstić information content (AvgIpc) is 2.13. The molecule has 1 fully saturated rings. The van der Waals surface area contributed by atoms with Gasteiger partial charge in [-0.3, -0.25) is 0 Å². The summed E-state index contributed by atoms with van der Waals surface area (Å²) < 4.78 is 26.3. The Hall–Kier alpha value is 0.130. The Morgan fingerprint density at radius 1 is 1.46 bits per heavy atom. The molecule has 1 heterocycles. The summed E-state index contributed by atoms with van der Waals surface area (Å²) in [7, 11) is 0. The summed E-state index contributed by atoms with van der Waals surface area (Å²) in [6, 6.07) is 0. The van der Waals surface area contributed by atoms with Gasteiger partial charge in [0.25, 0.3) is 5.92 Å². The highest BCUT2D eigenvalue weighted by atomic mass is 32.1. The van der Waals surface area contributed by atoms with Crippen LogP contribution in [0.25, 0.3) is 0 Å². The van der Waals surface area contributed by atoms with Gasteiger partial charge in [0.1, 0.15) is 0 Å². The Kier molecular flexibility index (Phi) is 5.83. The van der Waals surface area contributed by atoms with E-state index in [0.29, 0.717) is 13.1 Å². The van der Waals surface area contributed by atoms with E-state index in [9.17, 15) is 8.78 Å². The molecule has 80 valence electrons. The molecule has 13 heavy (non-hydrogen) atoms. The quantitative estimate of drug-likeness (QED) is 0.567. The van der Waals surface area contributed by atoms with Crippen molar-refractivity contribution in [2.45, 2.75) is 12.8 Å². The second-order valence-electron chi connectivity index (χ2n) is 3.17. The van der Waals surface area contributed by atoms with Crippen LogP contribution < -0.4 is 11.1 Å². The fraction of sp³-hybridized carbons (Fsp3) is 1.00. The molecule has 0 amide bonds. The van der Waals surface area contributed by atoms with E-state index in [1.807, 2.05) is 0 Å². The Balaban J connectivity index is 0.000000671. The minimum Gasteiger partial charge on any atom is -0.330 e. The number of nitrogens with one attached hydrogen (secondary N) is 1. The molecule has 0 saturated carbocycles. The Labute approximate surface area is 83.7 Å². The van der Waals surface area contributed by atoms with Crippen LogP contribution in [0.15, 0.2) is 0 Å². The van der Waals surface area contributed by atoms with Crippen LogP contribution in [0.3, 0.4) is 0 Å². The third-order valence-corrected chi connectivity index (χ3v) is 2.33. The van der Waals surface area contributed by atoms with E-state index in [2.05, 4.69) is 17.9 Å². The van der Waals surface area contributed by atoms with Gasteiger partial charge in [0, 0.05) is 31.5 Å². The van der Waals surface area contributed by atoms with Crippen molar-refractivity contribution in [1.29, 1.82) is 0 Å². The number of halogens is 2. The van der Waals surface area contributed by atoms with Crippen LogP contribution in [0.1, 0.15) is 6.92 Å². The van der Waals surface area contributed by atoms with Crippen LogP contribution in [0.5, 0.6) is 0 Å². The van der Waals surface area contributed by atoms with Gasteiger partial charge in [-0.1, -0.05) is 6.92 Å². The molecular weight excluding hydrogens is 194 g/mol. The van der Waals surface area contributed by atoms with Crippen molar-refractivity contribution in [3.05, 3.63) is 0 Å². The topological polar surface area (TPSA) is 38.0 Å². The van der Waals surface area contributed by atoms with Gasteiger partial charge < -0.3 is 11.1 Å². The molecule has 2 unspecified atom stereocenters. The molecule has 0 aromatic carbocycles. The van der Waals surface area contributed by atoms with Crippen molar-refractivity contribution in [1.82, 2.24) is 5.32 Å². The summed E-state index contributed by atoms with van der Waals surface area (Å²) in [5, 5.41) is 2.93. The van der Waals surface area contributed by atoms with E-state index in [1.165, 1.54) is 0 Å². The van der Waals surface area contributed by atoms with E-state index < -0.39 is 17.8 Å². The van der Waals surface area contributed by atoms with Gasteiger partial charge in [0.15, 0.2) is 0 Å². The van der Waals surface area contributed by atoms with Crippen LogP contribution in [-0.4, -0.2) is 31.8 Å². The van der Waals surface area contributed by atoms with Gasteiger partial charge >= 0.3 is 0 Å². The molecule has 0 aliphatic carbocycles. The van der Waals surface area contributed by atoms with Gasteiger partial charge in [-0.25, -0.2) is 8.78 Å². The minimum absolute atomic E-state index is 0.0599. The van der Waals surface area contributed by atoms with Crippen LogP contribution in [0, 0.1) is 11.8 Å². The van der Waals surface area contributed by atoms with E-state index in [4.69, 9.17) is 5.73 Å². The molecule has 2 atom stereocenters. The molecule has 1 rings (SSSR count). The average molecular weight is 212 g/mol. The lowest BCUT2D eigenvalue weighted by atomic mass is 9.87. The molecule has 0 radical (unpaired) electrons. The normalized spacial score (nSPS) is 31.8. The van der Waals surface area contributed by atoms with Gasteiger partial charge in [0.05, 0.1) is 0 Å². The number of piperidine rings is 1. The van der Waals surface area contributed by atoms with Crippen LogP contribution in [0.2, 0.25) is 0 Å². The Morgan fingerprint density at radius 3 is 2.38 bits per heavy atom. The number of nitrogens with two attached hydrogens (primary N) is 1. The van der Waals surface area contributed by atoms with E-state index in [-0.39, 0.29) is 6.54 Å². The van der Waals surface area contributed by atoms with E-state index >= 15 is 0 Å². The lowest BCUT2D eigenvalue weighted by Crippen LogP contribution is -2.53. The Bertz CT molecular complexity index is 144. The van der Waals surface area contributed by atoms with Crippen LogP contribution in [0.4, 0.5) is 8.78 Å². The summed E-state index contributed by atoms with van der Waals surface area (Å²) in [6.07, 6.45) is 1.69. The summed E-state index contributed by atoms with van der Waals surface area (Å²) >= 11 is 3.53. The first-order chi connectivity index (χ1) is 6.09.